The van der Waals surface area contributed by atoms with E-state index in [1.54, 1.807) is 6.08 Å². The lowest BCUT2D eigenvalue weighted by Crippen LogP contribution is -2.50. The van der Waals surface area contributed by atoms with Gasteiger partial charge in [0.1, 0.15) is 11.4 Å². The Balaban J connectivity index is 3.01. The summed E-state index contributed by atoms with van der Waals surface area (Å²) in [6.07, 6.45) is 10.3. The minimum atomic E-state index is -0.455. The number of esters is 1. The number of Topliss-reactive ketones (excluding diaryl/α,β-unsaturated/α-hetero) is 1. The van der Waals surface area contributed by atoms with Crippen LogP contribution in [-0.4, -0.2) is 20.8 Å². The smallest absolute Gasteiger partial charge is 0.303 e. The van der Waals surface area contributed by atoms with Gasteiger partial charge in [-0.25, -0.2) is 0 Å². The molecule has 0 bridgehead atoms. The van der Waals surface area contributed by atoms with Gasteiger partial charge >= 0.3 is 5.97 Å². The SMILES string of the molecule is C=CCCC(=O)[C@@](I)(CC=C)CC[C@@H]1C(C)(C)CCC[C@@]1(C)OC(C)=O. The molecule has 1 fully saturated rings. The number of hydrogen-bond donors (Lipinski definition) is 0. The first-order valence-electron chi connectivity index (χ1n) is 9.64. The van der Waals surface area contributed by atoms with Gasteiger partial charge in [-0.05, 0) is 57.3 Å². The van der Waals surface area contributed by atoms with Crippen LogP contribution in [0.25, 0.3) is 0 Å². The van der Waals surface area contributed by atoms with E-state index >= 15 is 0 Å². The third-order valence-electron chi connectivity index (χ3n) is 5.92. The molecular formula is C22H35IO3. The van der Waals surface area contributed by atoms with E-state index in [0.29, 0.717) is 19.3 Å². The van der Waals surface area contributed by atoms with Gasteiger partial charge in [0, 0.05) is 19.3 Å². The Morgan fingerprint density at radius 3 is 2.42 bits per heavy atom. The fraction of sp³-hybridized carbons (Fsp3) is 0.727. The van der Waals surface area contributed by atoms with E-state index in [-0.39, 0.29) is 23.1 Å². The van der Waals surface area contributed by atoms with Gasteiger partial charge in [0.15, 0.2) is 0 Å². The van der Waals surface area contributed by atoms with Crippen LogP contribution in [0.5, 0.6) is 0 Å². The molecule has 0 heterocycles. The number of alkyl halides is 1. The summed E-state index contributed by atoms with van der Waals surface area (Å²) in [6.45, 7) is 15.7. The molecule has 0 N–H and O–H groups in total. The minimum absolute atomic E-state index is 0.0817. The number of rotatable bonds is 10. The lowest BCUT2D eigenvalue weighted by Gasteiger charge is -2.50. The maximum absolute atomic E-state index is 12.8. The number of ketones is 1. The molecule has 1 rings (SSSR count). The summed E-state index contributed by atoms with van der Waals surface area (Å²) in [6, 6.07) is 0. The molecule has 148 valence electrons. The fourth-order valence-electron chi connectivity index (χ4n) is 4.63. The Kier molecular flexibility index (Phi) is 8.56. The van der Waals surface area contributed by atoms with Crippen LogP contribution in [0.4, 0.5) is 0 Å². The summed E-state index contributed by atoms with van der Waals surface area (Å²) in [7, 11) is 0. The highest BCUT2D eigenvalue weighted by atomic mass is 127. The molecule has 0 aromatic heterocycles. The van der Waals surface area contributed by atoms with E-state index in [1.165, 1.54) is 6.92 Å². The quantitative estimate of drug-likeness (QED) is 0.164. The van der Waals surface area contributed by atoms with Gasteiger partial charge < -0.3 is 4.74 Å². The Morgan fingerprint density at radius 1 is 1.23 bits per heavy atom. The Bertz CT molecular complexity index is 540. The zero-order chi connectivity index (χ0) is 20.0. The summed E-state index contributed by atoms with van der Waals surface area (Å²) in [4.78, 5) is 24.5. The van der Waals surface area contributed by atoms with E-state index in [0.717, 1.165) is 32.1 Å². The van der Waals surface area contributed by atoms with Gasteiger partial charge in [-0.3, -0.25) is 9.59 Å². The predicted molar refractivity (Wildman–Crippen MR) is 117 cm³/mol. The van der Waals surface area contributed by atoms with Crippen LogP contribution in [0, 0.1) is 11.3 Å². The molecule has 0 aliphatic heterocycles. The Hall–Kier alpha value is -0.650. The molecule has 1 saturated carbocycles. The molecule has 0 spiro atoms. The van der Waals surface area contributed by atoms with Crippen LogP contribution in [0.3, 0.4) is 0 Å². The number of allylic oxidation sites excluding steroid dienone is 2. The van der Waals surface area contributed by atoms with E-state index in [4.69, 9.17) is 4.74 Å². The highest BCUT2D eigenvalue weighted by Crippen LogP contribution is 2.51. The number of hydrogen-bond acceptors (Lipinski definition) is 3. The summed E-state index contributed by atoms with van der Waals surface area (Å²) < 4.78 is 5.38. The molecule has 1 aliphatic rings. The molecular weight excluding hydrogens is 439 g/mol. The Morgan fingerprint density at radius 2 is 1.88 bits per heavy atom. The van der Waals surface area contributed by atoms with Crippen molar-refractivity contribution in [3.63, 3.8) is 0 Å². The van der Waals surface area contributed by atoms with Crippen LogP contribution in [-0.2, 0) is 14.3 Å². The second-order valence-corrected chi connectivity index (χ2v) is 10.6. The van der Waals surface area contributed by atoms with E-state index in [2.05, 4.69) is 56.5 Å². The molecule has 0 aromatic rings. The molecule has 1 aliphatic carbocycles. The van der Waals surface area contributed by atoms with Gasteiger partial charge in [-0.1, -0.05) is 48.6 Å². The first-order chi connectivity index (χ1) is 12.0. The van der Waals surface area contributed by atoms with Gasteiger partial charge in [-0.2, -0.15) is 0 Å². The number of halogens is 1. The van der Waals surface area contributed by atoms with Crippen molar-refractivity contribution in [2.24, 2.45) is 11.3 Å². The van der Waals surface area contributed by atoms with E-state index in [1.807, 2.05) is 6.08 Å². The second-order valence-electron chi connectivity index (χ2n) is 8.55. The van der Waals surface area contributed by atoms with Crippen molar-refractivity contribution in [1.29, 1.82) is 0 Å². The van der Waals surface area contributed by atoms with Crippen LogP contribution in [0.15, 0.2) is 25.3 Å². The summed E-state index contributed by atoms with van der Waals surface area (Å²) >= 11 is 2.32. The van der Waals surface area contributed by atoms with Crippen LogP contribution in [0.2, 0.25) is 0 Å². The molecule has 0 radical (unpaired) electrons. The zero-order valence-electron chi connectivity index (χ0n) is 16.9. The lowest BCUT2D eigenvalue weighted by molar-refractivity contribution is -0.175. The topological polar surface area (TPSA) is 43.4 Å². The van der Waals surface area contributed by atoms with E-state index in [9.17, 15) is 9.59 Å². The van der Waals surface area contributed by atoms with Crippen LogP contribution < -0.4 is 0 Å². The maximum Gasteiger partial charge on any atom is 0.303 e. The molecule has 0 amide bonds. The average molecular weight is 474 g/mol. The Labute approximate surface area is 173 Å². The number of carbonyl (C=O) groups excluding carboxylic acids is 2. The van der Waals surface area contributed by atoms with Crippen LogP contribution in [0.1, 0.15) is 79.1 Å². The first-order valence-corrected chi connectivity index (χ1v) is 10.7. The third kappa shape index (κ3) is 5.93. The normalized spacial score (nSPS) is 27.2. The highest BCUT2D eigenvalue weighted by molar-refractivity contribution is 14.1. The minimum Gasteiger partial charge on any atom is -0.459 e. The van der Waals surface area contributed by atoms with Crippen LogP contribution >= 0.6 is 22.6 Å². The molecule has 0 aromatic carbocycles. The molecule has 3 nitrogen and oxygen atoms in total. The molecule has 26 heavy (non-hydrogen) atoms. The molecule has 0 unspecified atom stereocenters. The van der Waals surface area contributed by atoms with Crippen molar-refractivity contribution >= 4 is 34.3 Å². The molecule has 0 saturated heterocycles. The second kappa shape index (κ2) is 9.52. The molecule has 4 heteroatoms. The highest BCUT2D eigenvalue weighted by Gasteiger charge is 2.49. The maximum atomic E-state index is 12.8. The molecule has 3 atom stereocenters. The van der Waals surface area contributed by atoms with Crippen molar-refractivity contribution in [2.75, 3.05) is 0 Å². The average Bonchev–Trinajstić information content (AvgIpc) is 2.50. The van der Waals surface area contributed by atoms with Crippen molar-refractivity contribution in [2.45, 2.75) is 88.1 Å². The summed E-state index contributed by atoms with van der Waals surface area (Å²) in [5.74, 6) is 0.281. The van der Waals surface area contributed by atoms with Gasteiger partial charge in [-0.15, -0.1) is 13.2 Å². The van der Waals surface area contributed by atoms with Gasteiger partial charge in [0.05, 0.1) is 3.42 Å². The van der Waals surface area contributed by atoms with Crippen molar-refractivity contribution in [3.05, 3.63) is 25.3 Å². The summed E-state index contributed by atoms with van der Waals surface area (Å²) in [5, 5.41) is 0. The predicted octanol–water partition coefficient (Wildman–Crippen LogP) is 6.20. The van der Waals surface area contributed by atoms with Gasteiger partial charge in [0.2, 0.25) is 0 Å². The van der Waals surface area contributed by atoms with Crippen molar-refractivity contribution < 1.29 is 14.3 Å². The van der Waals surface area contributed by atoms with Crippen molar-refractivity contribution in [3.8, 4) is 0 Å². The first kappa shape index (κ1) is 23.4. The zero-order valence-corrected chi connectivity index (χ0v) is 19.1. The lowest BCUT2D eigenvalue weighted by atomic mass is 9.60. The van der Waals surface area contributed by atoms with Gasteiger partial charge in [0.25, 0.3) is 0 Å². The fourth-order valence-corrected chi connectivity index (χ4v) is 5.52. The summed E-state index contributed by atoms with van der Waals surface area (Å²) in [5.41, 5.74) is -0.373. The number of ether oxygens (including phenoxy) is 1. The number of carbonyl (C=O) groups is 2. The largest absolute Gasteiger partial charge is 0.459 e. The van der Waals surface area contributed by atoms with Crippen molar-refractivity contribution in [1.82, 2.24) is 0 Å². The van der Waals surface area contributed by atoms with E-state index < -0.39 is 9.02 Å². The third-order valence-corrected chi connectivity index (χ3v) is 7.51. The standard InChI is InChI=1S/C22H35IO3/c1-7-9-11-19(25)22(23,13-8-2)16-12-18-20(4,5)14-10-15-21(18,6)26-17(3)24/h7-8,18H,1-2,9-16H2,3-6H3/t18-,21-,22-/m1/s1. The monoisotopic (exact) mass is 474 g/mol.